The van der Waals surface area contributed by atoms with Gasteiger partial charge in [0, 0.05) is 31.5 Å². The molecule has 0 spiro atoms. The number of aryl methyl sites for hydroxylation is 1. The molecule has 2 amide bonds. The number of carbonyl (C=O) groups excluding carboxylic acids is 1. The fourth-order valence-electron chi connectivity index (χ4n) is 2.17. The maximum Gasteiger partial charge on any atom is 0.344 e. The molecule has 2 heterocycles. The molecule has 0 bridgehead atoms. The van der Waals surface area contributed by atoms with E-state index in [-0.39, 0.29) is 6.03 Å². The summed E-state index contributed by atoms with van der Waals surface area (Å²) in [4.78, 5) is 21.6. The summed E-state index contributed by atoms with van der Waals surface area (Å²) in [6, 6.07) is 5.46. The molecule has 0 unspecified atom stereocenters. The van der Waals surface area contributed by atoms with Gasteiger partial charge in [-0.15, -0.1) is 0 Å². The number of hydrogen-bond acceptors (Lipinski definition) is 2. The third-order valence-corrected chi connectivity index (χ3v) is 3.26. The van der Waals surface area contributed by atoms with E-state index in [0.29, 0.717) is 12.5 Å². The van der Waals surface area contributed by atoms with Gasteiger partial charge in [0.05, 0.1) is 0 Å². The molecule has 20 heavy (non-hydrogen) atoms. The molecule has 6 heteroatoms. The van der Waals surface area contributed by atoms with Crippen LogP contribution in [0.2, 0.25) is 0 Å². The zero-order valence-electron chi connectivity index (χ0n) is 11.6. The number of nitrogens with zero attached hydrogens (tertiary/aromatic N) is 3. The number of aromatic nitrogens is 1. The van der Waals surface area contributed by atoms with Crippen molar-refractivity contribution >= 4 is 12.0 Å². The average molecular weight is 275 g/mol. The van der Waals surface area contributed by atoms with Crippen LogP contribution in [-0.4, -0.2) is 41.5 Å². The maximum absolute atomic E-state index is 11.6. The first-order valence-electron chi connectivity index (χ1n) is 7.02. The van der Waals surface area contributed by atoms with Gasteiger partial charge in [-0.2, -0.15) is 4.99 Å². The second-order valence-corrected chi connectivity index (χ2v) is 4.82. The first kappa shape index (κ1) is 14.3. The standard InChI is InChI=1S/C14H21N5O/c15-13(19-10-3-4-11-19)18-14(20)17-9-5-7-12-6-1-2-8-16-12/h1-2,6,8H,3-5,7,9-11H2,(H3,15,17,18,20). The number of amides is 2. The van der Waals surface area contributed by atoms with Crippen molar-refractivity contribution in [1.82, 2.24) is 15.2 Å². The summed E-state index contributed by atoms with van der Waals surface area (Å²) >= 11 is 0. The number of carbonyl (C=O) groups is 1. The van der Waals surface area contributed by atoms with E-state index < -0.39 is 0 Å². The SMILES string of the molecule is NC(=NC(=O)NCCCc1ccccn1)N1CCCC1. The van der Waals surface area contributed by atoms with Gasteiger partial charge in [0.15, 0.2) is 0 Å². The lowest BCUT2D eigenvalue weighted by Crippen LogP contribution is -2.37. The van der Waals surface area contributed by atoms with Crippen LogP contribution in [0.15, 0.2) is 29.4 Å². The van der Waals surface area contributed by atoms with Crippen molar-refractivity contribution in [1.29, 1.82) is 0 Å². The van der Waals surface area contributed by atoms with Crippen LogP contribution in [-0.2, 0) is 6.42 Å². The Bertz CT molecular complexity index is 454. The van der Waals surface area contributed by atoms with Gasteiger partial charge in [-0.05, 0) is 37.8 Å². The number of aliphatic imine (C=N–C) groups is 1. The van der Waals surface area contributed by atoms with E-state index in [0.717, 1.165) is 44.5 Å². The highest BCUT2D eigenvalue weighted by Gasteiger charge is 2.14. The summed E-state index contributed by atoms with van der Waals surface area (Å²) < 4.78 is 0. The summed E-state index contributed by atoms with van der Waals surface area (Å²) in [5.41, 5.74) is 6.81. The van der Waals surface area contributed by atoms with Crippen LogP contribution in [0.3, 0.4) is 0 Å². The second kappa shape index (κ2) is 7.47. The van der Waals surface area contributed by atoms with Gasteiger partial charge < -0.3 is 16.0 Å². The number of hydrogen-bond donors (Lipinski definition) is 2. The summed E-state index contributed by atoms with van der Waals surface area (Å²) in [5.74, 6) is 0.324. The van der Waals surface area contributed by atoms with Crippen LogP contribution in [0.1, 0.15) is 25.0 Å². The fraction of sp³-hybridized carbons (Fsp3) is 0.500. The largest absolute Gasteiger partial charge is 0.369 e. The second-order valence-electron chi connectivity index (χ2n) is 4.82. The Balaban J connectivity index is 1.66. The van der Waals surface area contributed by atoms with Crippen molar-refractivity contribution < 1.29 is 4.79 Å². The number of guanidine groups is 1. The first-order valence-corrected chi connectivity index (χ1v) is 7.02. The minimum absolute atomic E-state index is 0.324. The molecule has 2 rings (SSSR count). The topological polar surface area (TPSA) is 83.6 Å². The molecule has 0 radical (unpaired) electrons. The third kappa shape index (κ3) is 4.53. The van der Waals surface area contributed by atoms with Crippen LogP contribution in [0.25, 0.3) is 0 Å². The van der Waals surface area contributed by atoms with E-state index in [2.05, 4.69) is 15.3 Å². The Morgan fingerprint density at radius 1 is 1.40 bits per heavy atom. The average Bonchev–Trinajstić information content (AvgIpc) is 2.99. The molecule has 0 saturated carbocycles. The summed E-state index contributed by atoms with van der Waals surface area (Å²) in [6.07, 6.45) is 5.67. The highest BCUT2D eigenvalue weighted by molar-refractivity contribution is 5.91. The van der Waals surface area contributed by atoms with Gasteiger partial charge in [0.1, 0.15) is 0 Å². The van der Waals surface area contributed by atoms with Crippen molar-refractivity contribution in [2.24, 2.45) is 10.7 Å². The molecule has 1 aliphatic rings. The lowest BCUT2D eigenvalue weighted by molar-refractivity contribution is 0.248. The van der Waals surface area contributed by atoms with Crippen LogP contribution >= 0.6 is 0 Å². The highest BCUT2D eigenvalue weighted by Crippen LogP contribution is 2.06. The normalized spacial score (nSPS) is 15.4. The van der Waals surface area contributed by atoms with Crippen LogP contribution in [0, 0.1) is 0 Å². The molecule has 1 aromatic rings. The molecule has 0 aromatic carbocycles. The number of rotatable bonds is 4. The maximum atomic E-state index is 11.6. The zero-order chi connectivity index (χ0) is 14.2. The number of nitrogens with one attached hydrogen (secondary N) is 1. The van der Waals surface area contributed by atoms with E-state index in [9.17, 15) is 4.79 Å². The van der Waals surface area contributed by atoms with Gasteiger partial charge in [-0.25, -0.2) is 4.79 Å². The lowest BCUT2D eigenvalue weighted by atomic mass is 10.2. The smallest absolute Gasteiger partial charge is 0.344 e. The molecule has 108 valence electrons. The monoisotopic (exact) mass is 275 g/mol. The highest BCUT2D eigenvalue weighted by atomic mass is 16.2. The van der Waals surface area contributed by atoms with Crippen LogP contribution in [0.4, 0.5) is 4.79 Å². The third-order valence-electron chi connectivity index (χ3n) is 3.26. The molecule has 1 aromatic heterocycles. The predicted octanol–water partition coefficient (Wildman–Crippen LogP) is 1.13. The first-order chi connectivity index (χ1) is 9.75. The van der Waals surface area contributed by atoms with E-state index in [4.69, 9.17) is 5.73 Å². The minimum atomic E-state index is -0.365. The lowest BCUT2D eigenvalue weighted by Gasteiger charge is -2.15. The Kier molecular flexibility index (Phi) is 5.34. The van der Waals surface area contributed by atoms with Gasteiger partial charge in [-0.1, -0.05) is 6.07 Å². The van der Waals surface area contributed by atoms with E-state index in [1.165, 1.54) is 0 Å². The molecule has 3 N–H and O–H groups in total. The Morgan fingerprint density at radius 2 is 2.20 bits per heavy atom. The minimum Gasteiger partial charge on any atom is -0.369 e. The Hall–Kier alpha value is -2.11. The molecule has 0 aliphatic carbocycles. The number of likely N-dealkylation sites (tertiary alicyclic amines) is 1. The van der Waals surface area contributed by atoms with Gasteiger partial charge >= 0.3 is 6.03 Å². The van der Waals surface area contributed by atoms with Crippen LogP contribution in [0.5, 0.6) is 0 Å². The van der Waals surface area contributed by atoms with Crippen LogP contribution < -0.4 is 11.1 Å². The van der Waals surface area contributed by atoms with E-state index >= 15 is 0 Å². The molecule has 0 atom stereocenters. The predicted molar refractivity (Wildman–Crippen MR) is 78.4 cm³/mol. The number of urea groups is 1. The summed E-state index contributed by atoms with van der Waals surface area (Å²) in [5, 5.41) is 2.75. The van der Waals surface area contributed by atoms with Gasteiger partial charge in [0.25, 0.3) is 0 Å². The molecular formula is C14H21N5O. The fourth-order valence-corrected chi connectivity index (χ4v) is 2.17. The zero-order valence-corrected chi connectivity index (χ0v) is 11.6. The molecular weight excluding hydrogens is 254 g/mol. The van der Waals surface area contributed by atoms with Crippen molar-refractivity contribution in [3.8, 4) is 0 Å². The molecule has 1 aliphatic heterocycles. The van der Waals surface area contributed by atoms with Gasteiger partial charge in [-0.3, -0.25) is 4.98 Å². The summed E-state index contributed by atoms with van der Waals surface area (Å²) in [7, 11) is 0. The Morgan fingerprint density at radius 3 is 2.90 bits per heavy atom. The molecule has 6 nitrogen and oxygen atoms in total. The van der Waals surface area contributed by atoms with Crippen molar-refractivity contribution in [3.63, 3.8) is 0 Å². The van der Waals surface area contributed by atoms with E-state index in [1.807, 2.05) is 23.1 Å². The van der Waals surface area contributed by atoms with Crippen molar-refractivity contribution in [2.45, 2.75) is 25.7 Å². The number of nitrogens with two attached hydrogens (primary N) is 1. The quantitative estimate of drug-likeness (QED) is 0.490. The Labute approximate surface area is 119 Å². The van der Waals surface area contributed by atoms with Crippen molar-refractivity contribution in [2.75, 3.05) is 19.6 Å². The molecule has 1 fully saturated rings. The van der Waals surface area contributed by atoms with Gasteiger partial charge in [0.2, 0.25) is 5.96 Å². The summed E-state index contributed by atoms with van der Waals surface area (Å²) in [6.45, 7) is 2.36. The van der Waals surface area contributed by atoms with E-state index in [1.54, 1.807) is 6.20 Å². The molecule has 1 saturated heterocycles. The van der Waals surface area contributed by atoms with Crippen molar-refractivity contribution in [3.05, 3.63) is 30.1 Å². The number of pyridine rings is 1.